The van der Waals surface area contributed by atoms with Gasteiger partial charge >= 0.3 is 0 Å². The molecule has 0 saturated carbocycles. The topological polar surface area (TPSA) is 75.5 Å². The lowest BCUT2D eigenvalue weighted by molar-refractivity contribution is 0.0787. The van der Waals surface area contributed by atoms with E-state index < -0.39 is 10.0 Å². The van der Waals surface area contributed by atoms with Crippen molar-refractivity contribution in [2.45, 2.75) is 25.0 Å². The normalized spacial score (nSPS) is 13.6. The van der Waals surface area contributed by atoms with Crippen molar-refractivity contribution in [3.63, 3.8) is 0 Å². The molecule has 1 aliphatic heterocycles. The average Bonchev–Trinajstić information content (AvgIpc) is 3.31. The van der Waals surface area contributed by atoms with Crippen LogP contribution in [0.4, 0.5) is 5.69 Å². The Balaban J connectivity index is 1.85. The number of fused-ring (bicyclic) bond motifs is 1. The zero-order chi connectivity index (χ0) is 21.5. The summed E-state index contributed by atoms with van der Waals surface area (Å²) in [4.78, 5) is 18.4. The van der Waals surface area contributed by atoms with Gasteiger partial charge in [-0.3, -0.25) is 9.10 Å². The molecule has 0 unspecified atom stereocenters. The first-order valence-corrected chi connectivity index (χ1v) is 11.3. The van der Waals surface area contributed by atoms with Crippen molar-refractivity contribution in [3.8, 4) is 0 Å². The van der Waals surface area contributed by atoms with Crippen LogP contribution in [0, 0.1) is 0 Å². The van der Waals surface area contributed by atoms with Crippen molar-refractivity contribution in [2.75, 3.05) is 10.8 Å². The van der Waals surface area contributed by atoms with Crippen LogP contribution in [0.2, 0.25) is 5.02 Å². The molecule has 0 aliphatic carbocycles. The van der Waals surface area contributed by atoms with Crippen LogP contribution in [0.3, 0.4) is 0 Å². The van der Waals surface area contributed by atoms with Gasteiger partial charge in [0.25, 0.3) is 15.9 Å². The molecule has 0 radical (unpaired) electrons. The molecule has 3 aromatic rings. The van der Waals surface area contributed by atoms with E-state index in [4.69, 9.17) is 11.6 Å². The average molecular weight is 445 g/mol. The van der Waals surface area contributed by atoms with Gasteiger partial charge < -0.3 is 9.47 Å². The van der Waals surface area contributed by atoms with Crippen LogP contribution < -0.4 is 4.31 Å². The van der Waals surface area contributed by atoms with Gasteiger partial charge in [-0.25, -0.2) is 4.98 Å². The number of hydrogen-bond donors (Lipinski definition) is 0. The van der Waals surface area contributed by atoms with E-state index in [1.165, 1.54) is 16.8 Å². The Morgan fingerprint density at radius 2 is 1.90 bits per heavy atom. The van der Waals surface area contributed by atoms with Gasteiger partial charge in [-0.1, -0.05) is 29.8 Å². The Morgan fingerprint density at radius 1 is 1.17 bits per heavy atom. The maximum atomic E-state index is 13.6. The van der Waals surface area contributed by atoms with Crippen molar-refractivity contribution in [1.29, 1.82) is 0 Å². The Kier molecular flexibility index (Phi) is 5.29. The molecular formula is C21H21ClN4O3S. The number of amides is 1. The van der Waals surface area contributed by atoms with Crippen molar-refractivity contribution in [3.05, 3.63) is 76.7 Å². The van der Waals surface area contributed by atoms with E-state index in [9.17, 15) is 13.2 Å². The lowest BCUT2D eigenvalue weighted by Crippen LogP contribution is -2.32. The number of hydrogen-bond acceptors (Lipinski definition) is 4. The van der Waals surface area contributed by atoms with Crippen LogP contribution in [0.15, 0.2) is 60.0 Å². The second-order valence-corrected chi connectivity index (χ2v) is 9.38. The summed E-state index contributed by atoms with van der Waals surface area (Å²) in [7, 11) is -2.25. The first-order valence-electron chi connectivity index (χ1n) is 9.47. The highest BCUT2D eigenvalue weighted by Gasteiger charge is 2.34. The first kappa shape index (κ1) is 20.4. The third-order valence-corrected chi connectivity index (χ3v) is 7.04. The number of benzene rings is 2. The fourth-order valence-corrected chi connectivity index (χ4v) is 5.13. The number of nitrogens with zero attached hydrogens (tertiary/aromatic N) is 4. The Hall–Kier alpha value is -2.84. The number of sulfonamides is 1. The minimum absolute atomic E-state index is 0.0479. The smallest absolute Gasteiger partial charge is 0.283 e. The van der Waals surface area contributed by atoms with Crippen LogP contribution in [-0.4, -0.2) is 35.3 Å². The summed E-state index contributed by atoms with van der Waals surface area (Å²) in [5, 5.41) is 0.524. The van der Waals surface area contributed by atoms with Crippen LogP contribution in [0.5, 0.6) is 0 Å². The van der Waals surface area contributed by atoms with Crippen molar-refractivity contribution >= 4 is 33.2 Å². The van der Waals surface area contributed by atoms with E-state index >= 15 is 0 Å². The molecule has 9 heteroatoms. The van der Waals surface area contributed by atoms with Gasteiger partial charge in [0.1, 0.15) is 0 Å². The van der Waals surface area contributed by atoms with Gasteiger partial charge in [0.05, 0.1) is 18.6 Å². The van der Waals surface area contributed by atoms with E-state index in [-0.39, 0.29) is 17.5 Å². The van der Waals surface area contributed by atoms with E-state index in [1.54, 1.807) is 59.0 Å². The number of carbonyl (C=O) groups excluding carboxylic acids is 1. The molecule has 0 spiro atoms. The van der Waals surface area contributed by atoms with E-state index in [2.05, 4.69) is 4.98 Å². The number of halogens is 1. The van der Waals surface area contributed by atoms with E-state index in [0.717, 1.165) is 5.56 Å². The van der Waals surface area contributed by atoms with Crippen LogP contribution in [0.25, 0.3) is 0 Å². The molecule has 1 aliphatic rings. The zero-order valence-corrected chi connectivity index (χ0v) is 18.2. The highest BCUT2D eigenvalue weighted by atomic mass is 35.5. The fraction of sp³-hybridized carbons (Fsp3) is 0.238. The standard InChI is InChI=1S/C21H21ClN4O3S/c1-3-25-12-18-17(21(25)27)5-4-6-19(18)26(11-15-7-9-16(22)10-8-15)30(28,29)20-13-24(2)14-23-20/h4-10,13-14H,3,11-12H2,1-2H3. The molecule has 0 saturated heterocycles. The minimum atomic E-state index is -3.97. The van der Waals surface area contributed by atoms with Gasteiger partial charge in [-0.05, 0) is 36.8 Å². The highest BCUT2D eigenvalue weighted by Crippen LogP contribution is 2.35. The summed E-state index contributed by atoms with van der Waals surface area (Å²) in [6.07, 6.45) is 2.92. The maximum absolute atomic E-state index is 13.6. The van der Waals surface area contributed by atoms with Crippen molar-refractivity contribution < 1.29 is 13.2 Å². The number of aromatic nitrogens is 2. The second-order valence-electron chi connectivity index (χ2n) is 7.14. The summed E-state index contributed by atoms with van der Waals surface area (Å²) in [6, 6.07) is 12.2. The number of carbonyl (C=O) groups is 1. The highest BCUT2D eigenvalue weighted by molar-refractivity contribution is 7.92. The summed E-state index contributed by atoms with van der Waals surface area (Å²) in [5.41, 5.74) is 2.50. The first-order chi connectivity index (χ1) is 14.3. The van der Waals surface area contributed by atoms with E-state index in [1.807, 2.05) is 6.92 Å². The van der Waals surface area contributed by atoms with Gasteiger partial charge in [-0.15, -0.1) is 0 Å². The van der Waals surface area contributed by atoms with Gasteiger partial charge in [0, 0.05) is 42.5 Å². The summed E-state index contributed by atoms with van der Waals surface area (Å²) >= 11 is 5.99. The number of rotatable bonds is 6. The Labute approximate surface area is 180 Å². The number of imidazole rings is 1. The molecule has 1 aromatic heterocycles. The van der Waals surface area contributed by atoms with Gasteiger partial charge in [-0.2, -0.15) is 8.42 Å². The van der Waals surface area contributed by atoms with Gasteiger partial charge in [0.2, 0.25) is 0 Å². The maximum Gasteiger partial charge on any atom is 0.283 e. The Bertz CT molecular complexity index is 1210. The third-order valence-electron chi connectivity index (χ3n) is 5.14. The number of aryl methyl sites for hydroxylation is 1. The zero-order valence-electron chi connectivity index (χ0n) is 16.6. The van der Waals surface area contributed by atoms with E-state index in [0.29, 0.717) is 34.9 Å². The van der Waals surface area contributed by atoms with Crippen LogP contribution in [-0.2, 0) is 30.2 Å². The molecule has 7 nitrogen and oxygen atoms in total. The summed E-state index contributed by atoms with van der Waals surface area (Å²) < 4.78 is 30.1. The third kappa shape index (κ3) is 3.57. The Morgan fingerprint density at radius 3 is 2.53 bits per heavy atom. The summed E-state index contributed by atoms with van der Waals surface area (Å²) in [5.74, 6) is -0.0870. The summed E-state index contributed by atoms with van der Waals surface area (Å²) in [6.45, 7) is 2.92. The molecule has 4 rings (SSSR count). The molecular weight excluding hydrogens is 424 g/mol. The predicted octanol–water partition coefficient (Wildman–Crippen LogP) is 3.44. The molecule has 156 valence electrons. The van der Waals surface area contributed by atoms with Crippen molar-refractivity contribution in [2.24, 2.45) is 7.05 Å². The molecule has 2 heterocycles. The molecule has 0 N–H and O–H groups in total. The van der Waals surface area contributed by atoms with Crippen LogP contribution in [0.1, 0.15) is 28.4 Å². The second kappa shape index (κ2) is 7.77. The monoisotopic (exact) mass is 444 g/mol. The minimum Gasteiger partial charge on any atom is -0.339 e. The quantitative estimate of drug-likeness (QED) is 0.583. The lowest BCUT2D eigenvalue weighted by atomic mass is 10.1. The van der Waals surface area contributed by atoms with Crippen LogP contribution >= 0.6 is 11.6 Å². The molecule has 1 amide bonds. The molecule has 30 heavy (non-hydrogen) atoms. The predicted molar refractivity (Wildman–Crippen MR) is 115 cm³/mol. The molecule has 0 fully saturated rings. The number of anilines is 1. The lowest BCUT2D eigenvalue weighted by Gasteiger charge is -2.26. The molecule has 0 bridgehead atoms. The molecule has 2 aromatic carbocycles. The molecule has 0 atom stereocenters. The van der Waals surface area contributed by atoms with Crippen molar-refractivity contribution in [1.82, 2.24) is 14.5 Å². The SMILES string of the molecule is CCN1Cc2c(cccc2N(Cc2ccc(Cl)cc2)S(=O)(=O)c2cn(C)cn2)C1=O. The fourth-order valence-electron chi connectivity index (χ4n) is 3.55. The largest absolute Gasteiger partial charge is 0.339 e. The van der Waals surface area contributed by atoms with Gasteiger partial charge in [0.15, 0.2) is 5.03 Å².